The second-order valence-corrected chi connectivity index (χ2v) is 25.1. The molecule has 0 amide bonds. The highest BCUT2D eigenvalue weighted by atomic mass is 32.2. The van der Waals surface area contributed by atoms with Crippen LogP contribution in [0.1, 0.15) is 11.1 Å². The van der Waals surface area contributed by atoms with Crippen molar-refractivity contribution in [3.05, 3.63) is 133 Å². The number of benzene rings is 3. The van der Waals surface area contributed by atoms with E-state index < -0.39 is 16.1 Å². The fourth-order valence-corrected chi connectivity index (χ4v) is 18.4. The van der Waals surface area contributed by atoms with Crippen LogP contribution in [-0.4, -0.2) is 51.7 Å². The first-order valence-electron chi connectivity index (χ1n) is 15.5. The first kappa shape index (κ1) is 43.2. The minimum Gasteiger partial charge on any atom is -0.166 e. The summed E-state index contributed by atoms with van der Waals surface area (Å²) in [6, 6.07) is 31.6. The number of rotatable bonds is 18. The molecule has 0 atom stereocenters. The highest BCUT2D eigenvalue weighted by Gasteiger charge is 2.31. The predicted molar refractivity (Wildman–Crippen MR) is 233 cm³/mol. The van der Waals surface area contributed by atoms with E-state index in [2.05, 4.69) is 150 Å². The van der Waals surface area contributed by atoms with E-state index >= 15 is 0 Å². The van der Waals surface area contributed by atoms with Crippen molar-refractivity contribution in [2.45, 2.75) is 57.6 Å². The van der Waals surface area contributed by atoms with E-state index in [1.54, 1.807) is 0 Å². The molecule has 0 aliphatic rings. The smallest absolute Gasteiger partial charge is 0.148 e. The van der Waals surface area contributed by atoms with E-state index in [1.807, 2.05) is 70.6 Å². The summed E-state index contributed by atoms with van der Waals surface area (Å²) < 4.78 is 0. The number of thiol groups is 2. The summed E-state index contributed by atoms with van der Waals surface area (Å²) in [6.45, 7) is 19.2. The van der Waals surface area contributed by atoms with Crippen LogP contribution in [-0.2, 0) is 0 Å². The van der Waals surface area contributed by atoms with Crippen LogP contribution in [0.3, 0.4) is 0 Å². The van der Waals surface area contributed by atoms with Crippen LogP contribution in [0.25, 0.3) is 0 Å². The lowest BCUT2D eigenvalue weighted by Gasteiger charge is -2.32. The van der Waals surface area contributed by atoms with Gasteiger partial charge in [-0.25, -0.2) is 0 Å². The van der Waals surface area contributed by atoms with Crippen LogP contribution in [0.5, 0.6) is 0 Å². The molecule has 250 valence electrons. The normalized spacial score (nSPS) is 10.9. The van der Waals surface area contributed by atoms with Crippen molar-refractivity contribution in [3.63, 3.8) is 0 Å². The van der Waals surface area contributed by atoms with Crippen LogP contribution in [0.4, 0.5) is 0 Å². The Labute approximate surface area is 312 Å². The molecule has 0 spiro atoms. The number of hydrogen-bond donors (Lipinski definition) is 2. The van der Waals surface area contributed by atoms with E-state index in [9.17, 15) is 0 Å². The molecule has 0 nitrogen and oxygen atoms in total. The summed E-state index contributed by atoms with van der Waals surface area (Å²) in [6.07, 6.45) is 4.55. The van der Waals surface area contributed by atoms with Gasteiger partial charge in [0, 0.05) is 19.6 Å². The fourth-order valence-electron chi connectivity index (χ4n) is 4.56. The summed E-state index contributed by atoms with van der Waals surface area (Å²) in [5, 5.41) is 0. The largest absolute Gasteiger partial charge is 0.166 e. The molecule has 0 unspecified atom stereocenters. The topological polar surface area (TPSA) is 0 Å². The maximum absolute atomic E-state index is 4.11. The summed E-state index contributed by atoms with van der Waals surface area (Å²) in [4.78, 5) is 4.79. The van der Waals surface area contributed by atoms with Gasteiger partial charge < -0.3 is 0 Å². The molecular weight excluding hydrogens is 705 g/mol. The summed E-state index contributed by atoms with van der Waals surface area (Å²) in [5.74, 6) is 5.25. The molecule has 0 aromatic heterocycles. The average molecular weight is 759 g/mol. The minimum absolute atomic E-state index is 0.956. The van der Waals surface area contributed by atoms with Crippen molar-refractivity contribution in [1.29, 1.82) is 0 Å². The SMILES string of the molecule is C=C[Si](C=C)(C=C)C=C.CSCC[Si](CCSC)(CCSc1cccc(C)c1)CCSc1cccc(C)c1.Sc1cccc(S)c1. The highest BCUT2D eigenvalue weighted by Crippen LogP contribution is 2.34. The van der Waals surface area contributed by atoms with Gasteiger partial charge >= 0.3 is 0 Å². The Morgan fingerprint density at radius 2 is 0.935 bits per heavy atom. The molecular formula is C38H54S6Si2. The standard InChI is InChI=1S/C24H36S4Si.C8H12Si.C6H6S2/c1-21-7-5-9-23(19-21)27-13-17-29(15-11-25-3,16-12-26-4)18-14-28-24-10-6-8-22(2)20-24;1-5-9(6-2,7-3)8-4;7-5-2-1-3-6(8)4-5/h5-10,19-20H,11-18H2,1-4H3;5-8H,1-4H2;1-4,7-8H. The van der Waals surface area contributed by atoms with Crippen molar-refractivity contribution in [3.8, 4) is 0 Å². The van der Waals surface area contributed by atoms with Gasteiger partial charge in [0.05, 0.1) is 8.07 Å². The van der Waals surface area contributed by atoms with E-state index in [4.69, 9.17) is 0 Å². The van der Waals surface area contributed by atoms with Gasteiger partial charge in [-0.2, -0.15) is 23.5 Å². The van der Waals surface area contributed by atoms with Crippen molar-refractivity contribution in [2.24, 2.45) is 0 Å². The fraction of sp³-hybridized carbons (Fsp3) is 0.316. The van der Waals surface area contributed by atoms with Crippen molar-refractivity contribution >= 4 is 88.5 Å². The molecule has 46 heavy (non-hydrogen) atoms. The molecule has 0 N–H and O–H groups in total. The molecule has 0 aliphatic heterocycles. The minimum atomic E-state index is -1.64. The van der Waals surface area contributed by atoms with E-state index in [1.165, 1.54) is 68.1 Å². The van der Waals surface area contributed by atoms with E-state index in [0.29, 0.717) is 0 Å². The molecule has 0 heterocycles. The Hall–Kier alpha value is -0.846. The highest BCUT2D eigenvalue weighted by molar-refractivity contribution is 8.00. The third-order valence-electron chi connectivity index (χ3n) is 7.70. The first-order chi connectivity index (χ1) is 22.1. The number of thioether (sulfide) groups is 4. The Kier molecular flexibility index (Phi) is 23.6. The predicted octanol–water partition coefficient (Wildman–Crippen LogP) is 13.0. The molecule has 3 rings (SSSR count). The van der Waals surface area contributed by atoms with Gasteiger partial charge in [0.2, 0.25) is 0 Å². The van der Waals surface area contributed by atoms with Gasteiger partial charge in [0.15, 0.2) is 0 Å². The Morgan fingerprint density at radius 1 is 0.565 bits per heavy atom. The molecule has 0 saturated carbocycles. The molecule has 8 heteroatoms. The molecule has 0 radical (unpaired) electrons. The second-order valence-electron chi connectivity index (χ2n) is 11.2. The Balaban J connectivity index is 0.000000504. The number of aryl methyl sites for hydroxylation is 2. The van der Waals surface area contributed by atoms with Crippen LogP contribution in [0.2, 0.25) is 24.2 Å². The maximum atomic E-state index is 4.11. The van der Waals surface area contributed by atoms with E-state index in [-0.39, 0.29) is 0 Å². The Morgan fingerprint density at radius 3 is 1.22 bits per heavy atom. The zero-order valence-electron chi connectivity index (χ0n) is 28.3. The quantitative estimate of drug-likeness (QED) is 0.0753. The van der Waals surface area contributed by atoms with Gasteiger partial charge in [-0.05, 0) is 116 Å². The summed E-state index contributed by atoms with van der Waals surface area (Å²) >= 11 is 16.4. The van der Waals surface area contributed by atoms with Gasteiger partial charge in [-0.1, -0.05) is 64.3 Å². The molecule has 0 aliphatic carbocycles. The molecule has 3 aromatic rings. The van der Waals surface area contributed by atoms with Crippen molar-refractivity contribution in [2.75, 3.05) is 35.5 Å². The summed E-state index contributed by atoms with van der Waals surface area (Å²) in [5.41, 5.74) is 10.3. The van der Waals surface area contributed by atoms with Crippen LogP contribution in [0, 0.1) is 13.8 Å². The van der Waals surface area contributed by atoms with Gasteiger partial charge in [0.25, 0.3) is 0 Å². The Bertz CT molecular complexity index is 1210. The third kappa shape index (κ3) is 18.1. The number of hydrogen-bond acceptors (Lipinski definition) is 6. The zero-order valence-corrected chi connectivity index (χ0v) is 35.3. The third-order valence-corrected chi connectivity index (χ3v) is 21.0. The van der Waals surface area contributed by atoms with Crippen LogP contribution >= 0.6 is 72.3 Å². The molecule has 3 aromatic carbocycles. The van der Waals surface area contributed by atoms with Gasteiger partial charge in [-0.3, -0.25) is 0 Å². The van der Waals surface area contributed by atoms with Crippen molar-refractivity contribution in [1.82, 2.24) is 0 Å². The monoisotopic (exact) mass is 758 g/mol. The van der Waals surface area contributed by atoms with E-state index in [0.717, 1.165) is 9.79 Å². The molecule has 0 bridgehead atoms. The second kappa shape index (κ2) is 25.2. The molecule has 0 fully saturated rings. The average Bonchev–Trinajstić information content (AvgIpc) is 3.05. The van der Waals surface area contributed by atoms with Crippen molar-refractivity contribution < 1.29 is 0 Å². The first-order valence-corrected chi connectivity index (χ1v) is 26.3. The maximum Gasteiger partial charge on any atom is 0.148 e. The lowest BCUT2D eigenvalue weighted by Crippen LogP contribution is -2.36. The van der Waals surface area contributed by atoms with Gasteiger partial charge in [0.1, 0.15) is 8.07 Å². The van der Waals surface area contributed by atoms with Crippen LogP contribution < -0.4 is 0 Å². The van der Waals surface area contributed by atoms with Gasteiger partial charge in [-0.15, -0.1) is 75.1 Å². The molecule has 0 saturated heterocycles. The van der Waals surface area contributed by atoms with Crippen LogP contribution in [0.15, 0.2) is 141 Å². The zero-order chi connectivity index (χ0) is 34.3. The lowest BCUT2D eigenvalue weighted by molar-refractivity contribution is 1.13. The lowest BCUT2D eigenvalue weighted by atomic mass is 10.2. The summed E-state index contributed by atoms with van der Waals surface area (Å²) in [7, 11) is -2.89.